The number of carbonyl (C=O) groups is 6. The number of amides is 6. The van der Waals surface area contributed by atoms with E-state index in [2.05, 4.69) is 25.4 Å². The molecule has 19 nitrogen and oxygen atoms in total. The van der Waals surface area contributed by atoms with Crippen molar-refractivity contribution in [2.24, 2.45) is 0 Å². The van der Waals surface area contributed by atoms with E-state index < -0.39 is 12.2 Å². The van der Waals surface area contributed by atoms with Crippen LogP contribution in [0, 0.1) is 75.5 Å². The number of nitrogens with zero attached hydrogens (tertiary/aromatic N) is 5. The van der Waals surface area contributed by atoms with Gasteiger partial charge in [0.05, 0.1) is 66.8 Å². The first-order valence-electron chi connectivity index (χ1n) is 12.8. The van der Waals surface area contributed by atoms with Crippen molar-refractivity contribution in [2.75, 3.05) is 102 Å². The number of nitrogens with one attached hydrogen (secondary N) is 3. The van der Waals surface area contributed by atoms with E-state index >= 15 is 0 Å². The summed E-state index contributed by atoms with van der Waals surface area (Å²) in [6.07, 6.45) is -2.34. The Labute approximate surface area is 316 Å². The third-order valence-corrected chi connectivity index (χ3v) is 5.73. The fourth-order valence-corrected chi connectivity index (χ4v) is 3.51. The van der Waals surface area contributed by atoms with Gasteiger partial charge < -0.3 is 54.7 Å². The Bertz CT molecular complexity index is 906. The largest absolute Gasteiger partial charge is 0.453 e. The van der Waals surface area contributed by atoms with Crippen LogP contribution >= 0.6 is 0 Å². The zero-order chi connectivity index (χ0) is 31.8. The summed E-state index contributed by atoms with van der Waals surface area (Å²) in [5, 5.41) is 16.1. The number of methoxy groups -OCH3 is 2. The number of ether oxygens (including phenoxy) is 4. The number of aliphatic hydroxyl groups excluding tert-OH is 1. The summed E-state index contributed by atoms with van der Waals surface area (Å²) in [6.45, 7) is 3.62. The van der Waals surface area contributed by atoms with E-state index in [4.69, 9.17) is 14.6 Å². The van der Waals surface area contributed by atoms with Crippen LogP contribution in [0.1, 0.15) is 0 Å². The molecule has 4 fully saturated rings. The molecular formula is C23H42Ar2N8O11. The first-order chi connectivity index (χ1) is 19.8. The molecule has 4 rings (SSSR count). The summed E-state index contributed by atoms with van der Waals surface area (Å²) in [5.74, 6) is 0.127. The Morgan fingerprint density at radius 3 is 1.50 bits per heavy atom. The van der Waals surface area contributed by atoms with Crippen molar-refractivity contribution in [1.82, 2.24) is 40.4 Å². The minimum absolute atomic E-state index is 0. The number of cyclic esters (lactones) is 2. The van der Waals surface area contributed by atoms with Gasteiger partial charge in [-0.2, -0.15) is 0 Å². The number of carbonyl (C=O) groups excluding carboxylic acids is 6. The molecule has 256 valence electrons. The number of hydrogen-bond donors (Lipinski definition) is 4. The van der Waals surface area contributed by atoms with Gasteiger partial charge in [-0.25, -0.2) is 19.2 Å². The molecule has 2 atom stereocenters. The number of rotatable bonds is 5. The zero-order valence-electron chi connectivity index (χ0n) is 25.5. The van der Waals surface area contributed by atoms with Gasteiger partial charge in [-0.05, 0) is 14.1 Å². The maximum atomic E-state index is 10.9. The fourth-order valence-electron chi connectivity index (χ4n) is 3.51. The predicted molar refractivity (Wildman–Crippen MR) is 144 cm³/mol. The van der Waals surface area contributed by atoms with Gasteiger partial charge in [0.15, 0.2) is 0 Å². The fraction of sp³-hybridized carbons (Fsp3) is 0.739. The summed E-state index contributed by atoms with van der Waals surface area (Å²) >= 11 is 0. The number of likely N-dealkylation sites (N-methyl/N-ethyl adjacent to an activating group) is 4. The Kier molecular flexibility index (Phi) is 24.0. The van der Waals surface area contributed by atoms with E-state index in [1.807, 2.05) is 23.9 Å². The van der Waals surface area contributed by atoms with Gasteiger partial charge in [-0.15, -0.1) is 0 Å². The molecule has 21 heteroatoms. The second kappa shape index (κ2) is 23.7. The predicted octanol–water partition coefficient (Wildman–Crippen LogP) is -2.74. The molecule has 4 aliphatic rings. The van der Waals surface area contributed by atoms with E-state index in [-0.39, 0.29) is 132 Å². The van der Waals surface area contributed by atoms with Gasteiger partial charge in [-0.3, -0.25) is 19.4 Å². The van der Waals surface area contributed by atoms with Gasteiger partial charge in [-0.1, -0.05) is 0 Å². The summed E-state index contributed by atoms with van der Waals surface area (Å²) in [6, 6.07) is 0. The second-order valence-corrected chi connectivity index (χ2v) is 9.52. The van der Waals surface area contributed by atoms with Gasteiger partial charge >= 0.3 is 24.4 Å². The van der Waals surface area contributed by atoms with Crippen LogP contribution in [-0.4, -0.2) is 180 Å². The third-order valence-electron chi connectivity index (χ3n) is 5.73. The summed E-state index contributed by atoms with van der Waals surface area (Å²) in [5.41, 5.74) is 0. The van der Waals surface area contributed by atoms with Crippen LogP contribution in [0.4, 0.5) is 19.2 Å². The Morgan fingerprint density at radius 2 is 1.30 bits per heavy atom. The van der Waals surface area contributed by atoms with Crippen LogP contribution in [0.5, 0.6) is 0 Å². The van der Waals surface area contributed by atoms with E-state index in [1.165, 1.54) is 28.9 Å². The topological polar surface area (TPSA) is 212 Å². The van der Waals surface area contributed by atoms with Gasteiger partial charge in [0.1, 0.15) is 18.9 Å². The average molecular weight is 687 g/mol. The number of alkyl carbamates (subject to hydrolysis) is 2. The molecule has 6 amide bonds. The first kappa shape index (κ1) is 44.5. The molecule has 44 heavy (non-hydrogen) atoms. The van der Waals surface area contributed by atoms with Crippen molar-refractivity contribution in [2.45, 2.75) is 12.2 Å². The maximum absolute atomic E-state index is 10.9. The van der Waals surface area contributed by atoms with Crippen LogP contribution in [0.15, 0.2) is 0 Å². The SMILES string of the molecule is CN1CC(=O)N(CO)C1.CN1CNC(=O)C1.COC(=O)NC[C@H]1CN(C)C(=O)O1.COC(=O)NC[C@H]1CN(C)C(=O)O1.[Ar].[Ar]. The van der Waals surface area contributed by atoms with Gasteiger partial charge in [0.25, 0.3) is 0 Å². The zero-order valence-corrected chi connectivity index (χ0v) is 26.9. The van der Waals surface area contributed by atoms with E-state index in [0.29, 0.717) is 39.5 Å². The van der Waals surface area contributed by atoms with Gasteiger partial charge in [0.2, 0.25) is 11.8 Å². The molecule has 0 radical (unpaired) electrons. The van der Waals surface area contributed by atoms with Crippen LogP contribution in [0.2, 0.25) is 0 Å². The number of aliphatic hydroxyl groups is 1. The maximum Gasteiger partial charge on any atom is 0.410 e. The van der Waals surface area contributed by atoms with Crippen LogP contribution in [-0.2, 0) is 28.5 Å². The summed E-state index contributed by atoms with van der Waals surface area (Å²) in [4.78, 5) is 72.1. The molecule has 4 saturated heterocycles. The van der Waals surface area contributed by atoms with Crippen molar-refractivity contribution in [1.29, 1.82) is 0 Å². The average Bonchev–Trinajstić information content (AvgIpc) is 3.69. The minimum Gasteiger partial charge on any atom is -0.453 e. The molecule has 0 aliphatic carbocycles. The minimum atomic E-state index is -0.523. The van der Waals surface area contributed by atoms with Crippen LogP contribution in [0.3, 0.4) is 0 Å². The van der Waals surface area contributed by atoms with E-state index in [9.17, 15) is 28.8 Å². The Hall–Kier alpha value is -1.58. The Balaban J connectivity index is 0. The van der Waals surface area contributed by atoms with E-state index in [0.717, 1.165) is 0 Å². The molecule has 0 unspecified atom stereocenters. The van der Waals surface area contributed by atoms with Crippen molar-refractivity contribution in [3.63, 3.8) is 0 Å². The molecule has 0 bridgehead atoms. The molecule has 0 aromatic heterocycles. The quantitative estimate of drug-likeness (QED) is 0.217. The van der Waals surface area contributed by atoms with Crippen molar-refractivity contribution >= 4 is 36.2 Å². The summed E-state index contributed by atoms with van der Waals surface area (Å²) in [7, 11) is 9.58. The number of hydrogen-bond acceptors (Lipinski definition) is 13. The van der Waals surface area contributed by atoms with E-state index in [1.54, 1.807) is 14.1 Å². The smallest absolute Gasteiger partial charge is 0.410 e. The molecule has 0 aromatic carbocycles. The first-order valence-corrected chi connectivity index (χ1v) is 12.8. The molecule has 0 saturated carbocycles. The molecule has 0 aromatic rings. The molecule has 0 spiro atoms. The molecule has 4 heterocycles. The van der Waals surface area contributed by atoms with Gasteiger partial charge in [0, 0.05) is 89.6 Å². The molecule has 4 N–H and O–H groups in total. The second-order valence-electron chi connectivity index (χ2n) is 9.52. The van der Waals surface area contributed by atoms with Crippen molar-refractivity contribution < 1.29 is 128 Å². The van der Waals surface area contributed by atoms with Crippen LogP contribution in [0.25, 0.3) is 0 Å². The summed E-state index contributed by atoms with van der Waals surface area (Å²) < 4.78 is 18.5. The third kappa shape index (κ3) is 17.8. The van der Waals surface area contributed by atoms with Crippen molar-refractivity contribution in [3.05, 3.63) is 0 Å². The molecule has 4 aliphatic heterocycles. The van der Waals surface area contributed by atoms with Crippen LogP contribution < -0.4 is 16.0 Å². The standard InChI is InChI=1S/2C7H12N2O4.C5H10N2O2.C4H8N2O.2Ar/c2*1-9-4-5(13-7(9)11)3-8-6(10)12-2;1-6-2-5(9)7(3-6)4-8;1-6-2-4(7)5-3-6;;/h2*5H,3-4H2,1-2H3,(H,8,10);8H,2-4H2,1H3;2-3H2,1H3,(H,5,7);;/t2*5-;;;;/m00..../s1. The molecular weight excluding hydrogens is 644 g/mol. The van der Waals surface area contributed by atoms with Crippen molar-refractivity contribution in [3.8, 4) is 0 Å². The Morgan fingerprint density at radius 1 is 0.841 bits per heavy atom. The normalized spacial score (nSPS) is 20.6. The monoisotopic (exact) mass is 686 g/mol.